The van der Waals surface area contributed by atoms with Crippen LogP contribution >= 0.6 is 0 Å². The summed E-state index contributed by atoms with van der Waals surface area (Å²) in [5.41, 5.74) is 0.933. The maximum absolute atomic E-state index is 13.0. The molecule has 0 spiro atoms. The molecule has 0 aromatic carbocycles. The van der Waals surface area contributed by atoms with Gasteiger partial charge in [-0.25, -0.2) is 14.6 Å². The van der Waals surface area contributed by atoms with E-state index in [0.717, 1.165) is 17.2 Å². The van der Waals surface area contributed by atoms with E-state index in [0.29, 0.717) is 0 Å². The van der Waals surface area contributed by atoms with E-state index in [1.54, 1.807) is 13.8 Å². The van der Waals surface area contributed by atoms with E-state index in [2.05, 4.69) is 27.6 Å². The fourth-order valence-corrected chi connectivity index (χ4v) is 2.90. The summed E-state index contributed by atoms with van der Waals surface area (Å²) in [6, 6.07) is -1.15. The average Bonchev–Trinajstić information content (AvgIpc) is 2.68. The Morgan fingerprint density at radius 3 is 2.21 bits per heavy atom. The molecule has 0 saturated heterocycles. The molecule has 0 aliphatic rings. The molecule has 0 radical (unpaired) electrons. The summed E-state index contributed by atoms with van der Waals surface area (Å²) >= 11 is 0. The quantitative estimate of drug-likeness (QED) is 0.196. The van der Waals surface area contributed by atoms with E-state index in [1.807, 2.05) is 18.8 Å². The normalized spacial score (nSPS) is 12.5. The molecule has 0 fully saturated rings. The van der Waals surface area contributed by atoms with Crippen molar-refractivity contribution in [1.82, 2.24) is 31.0 Å². The van der Waals surface area contributed by atoms with Crippen molar-refractivity contribution in [2.75, 3.05) is 0 Å². The Morgan fingerprint density at radius 1 is 1.09 bits per heavy atom. The molecule has 1 aromatic rings. The van der Waals surface area contributed by atoms with Crippen molar-refractivity contribution in [3.05, 3.63) is 45.3 Å². The lowest BCUT2D eigenvalue weighted by molar-refractivity contribution is -0.141. The van der Waals surface area contributed by atoms with Gasteiger partial charge in [0.05, 0.1) is 6.54 Å². The van der Waals surface area contributed by atoms with Gasteiger partial charge in [-0.2, -0.15) is 0 Å². The predicted molar refractivity (Wildman–Crippen MR) is 118 cm³/mol. The van der Waals surface area contributed by atoms with Crippen LogP contribution in [0.5, 0.6) is 0 Å². The topological polar surface area (TPSA) is 194 Å². The SMILES string of the molecule is C=CC(=O)N(Cc1cc(=O)[nH]c(=O)[nH]1)NC(=O)[C@H](CC(C)C)NC(=O)[C@@H](NC(=O)O)C(C)C. The molecule has 6 N–H and O–H groups in total. The summed E-state index contributed by atoms with van der Waals surface area (Å²) in [5.74, 6) is -2.62. The Hall–Kier alpha value is -3.90. The maximum Gasteiger partial charge on any atom is 0.405 e. The molecule has 13 heteroatoms. The van der Waals surface area contributed by atoms with Crippen LogP contribution in [0.25, 0.3) is 0 Å². The second-order valence-electron chi connectivity index (χ2n) is 8.08. The lowest BCUT2D eigenvalue weighted by Gasteiger charge is -2.28. The Morgan fingerprint density at radius 2 is 1.73 bits per heavy atom. The number of nitrogens with zero attached hydrogens (tertiary/aromatic N) is 1. The smallest absolute Gasteiger partial charge is 0.405 e. The van der Waals surface area contributed by atoms with Gasteiger partial charge in [0.2, 0.25) is 5.91 Å². The zero-order valence-electron chi connectivity index (χ0n) is 18.9. The first-order valence-corrected chi connectivity index (χ1v) is 10.2. The second kappa shape index (κ2) is 12.2. The van der Waals surface area contributed by atoms with Crippen LogP contribution in [0.1, 0.15) is 39.8 Å². The standard InChI is InChI=1S/C20H30N6O7/c1-6-15(28)26(9-12-8-14(27)23-19(31)21-12)25-17(29)13(7-10(2)3)22-18(30)16(11(4)5)24-20(32)33/h6,8,10-11,13,16,24H,1,7,9H2,2-5H3,(H,22,30)(H,25,29)(H,32,33)(H2,21,23,27,31)/t13-,16-/m0/s1. The van der Waals surface area contributed by atoms with Gasteiger partial charge in [0.1, 0.15) is 12.1 Å². The molecule has 0 bridgehead atoms. The number of hydrogen-bond acceptors (Lipinski definition) is 6. The molecule has 0 aliphatic carbocycles. The van der Waals surface area contributed by atoms with Crippen molar-refractivity contribution in [2.45, 2.75) is 52.7 Å². The number of H-pyrrole nitrogens is 2. The van der Waals surface area contributed by atoms with Gasteiger partial charge in [-0.15, -0.1) is 0 Å². The fourth-order valence-electron chi connectivity index (χ4n) is 2.90. The van der Waals surface area contributed by atoms with Gasteiger partial charge in [0.15, 0.2) is 0 Å². The molecule has 1 aromatic heterocycles. The molecule has 33 heavy (non-hydrogen) atoms. The van der Waals surface area contributed by atoms with Gasteiger partial charge in [-0.05, 0) is 24.3 Å². The Balaban J connectivity index is 3.11. The summed E-state index contributed by atoms with van der Waals surface area (Å²) in [4.78, 5) is 76.2. The number of carboxylic acid groups (broad SMARTS) is 1. The number of carbonyl (C=O) groups is 4. The van der Waals surface area contributed by atoms with Crippen LogP contribution in [-0.4, -0.2) is 56.0 Å². The van der Waals surface area contributed by atoms with Crippen LogP contribution in [0.2, 0.25) is 0 Å². The van der Waals surface area contributed by atoms with E-state index >= 15 is 0 Å². The molecule has 0 unspecified atom stereocenters. The largest absolute Gasteiger partial charge is 0.465 e. The molecule has 1 rings (SSSR count). The Labute approximate surface area is 189 Å². The highest BCUT2D eigenvalue weighted by Crippen LogP contribution is 2.09. The molecule has 4 amide bonds. The van der Waals surface area contributed by atoms with Crippen molar-refractivity contribution >= 4 is 23.8 Å². The molecule has 0 saturated carbocycles. The second-order valence-corrected chi connectivity index (χ2v) is 8.08. The van der Waals surface area contributed by atoms with Crippen LogP contribution in [-0.2, 0) is 20.9 Å². The van der Waals surface area contributed by atoms with Gasteiger partial charge in [-0.3, -0.25) is 29.6 Å². The van der Waals surface area contributed by atoms with Crippen molar-refractivity contribution in [2.24, 2.45) is 11.8 Å². The van der Waals surface area contributed by atoms with Crippen molar-refractivity contribution in [3.63, 3.8) is 0 Å². The summed E-state index contributed by atoms with van der Waals surface area (Å²) in [5, 5.41) is 14.5. The number of hydrazine groups is 1. The minimum atomic E-state index is -1.39. The fraction of sp³-hybridized carbons (Fsp3) is 0.500. The lowest BCUT2D eigenvalue weighted by Crippen LogP contribution is -2.58. The summed E-state index contributed by atoms with van der Waals surface area (Å²) in [7, 11) is 0. The number of aromatic amines is 2. The van der Waals surface area contributed by atoms with Crippen LogP contribution < -0.4 is 27.3 Å². The Kier molecular flexibility index (Phi) is 10.0. The van der Waals surface area contributed by atoms with E-state index in [4.69, 9.17) is 5.11 Å². The van der Waals surface area contributed by atoms with Crippen LogP contribution in [0, 0.1) is 11.8 Å². The zero-order valence-corrected chi connectivity index (χ0v) is 18.9. The third-order valence-electron chi connectivity index (χ3n) is 4.40. The Bertz CT molecular complexity index is 969. The first-order chi connectivity index (χ1) is 15.3. The number of nitrogens with one attached hydrogen (secondary N) is 5. The van der Waals surface area contributed by atoms with Gasteiger partial charge in [0, 0.05) is 11.8 Å². The van der Waals surface area contributed by atoms with Gasteiger partial charge in [-0.1, -0.05) is 34.3 Å². The van der Waals surface area contributed by atoms with E-state index in [9.17, 15) is 28.8 Å². The third-order valence-corrected chi connectivity index (χ3v) is 4.40. The monoisotopic (exact) mass is 466 g/mol. The van der Waals surface area contributed by atoms with Crippen LogP contribution in [0.15, 0.2) is 28.3 Å². The third kappa shape index (κ3) is 9.01. The van der Waals surface area contributed by atoms with Crippen molar-refractivity contribution in [3.8, 4) is 0 Å². The molecule has 0 aliphatic heterocycles. The van der Waals surface area contributed by atoms with E-state index < -0.39 is 53.1 Å². The number of amides is 4. The average molecular weight is 466 g/mol. The van der Waals surface area contributed by atoms with Crippen LogP contribution in [0.3, 0.4) is 0 Å². The highest BCUT2D eigenvalue weighted by Gasteiger charge is 2.30. The minimum absolute atomic E-state index is 0.0430. The molecule has 182 valence electrons. The zero-order chi connectivity index (χ0) is 25.3. The van der Waals surface area contributed by atoms with Gasteiger partial charge in [0.25, 0.3) is 17.4 Å². The van der Waals surface area contributed by atoms with Gasteiger partial charge >= 0.3 is 11.8 Å². The molecular formula is C20H30N6O7. The van der Waals surface area contributed by atoms with E-state index in [-0.39, 0.29) is 24.6 Å². The molecular weight excluding hydrogens is 436 g/mol. The van der Waals surface area contributed by atoms with E-state index in [1.165, 1.54) is 0 Å². The maximum atomic E-state index is 13.0. The predicted octanol–water partition coefficient (Wildman–Crippen LogP) is -0.568. The minimum Gasteiger partial charge on any atom is -0.465 e. The molecule has 2 atom stereocenters. The van der Waals surface area contributed by atoms with Crippen molar-refractivity contribution < 1.29 is 24.3 Å². The summed E-state index contributed by atoms with van der Waals surface area (Å²) in [6.45, 7) is 9.92. The summed E-state index contributed by atoms with van der Waals surface area (Å²) in [6.07, 6.45) is -0.274. The highest BCUT2D eigenvalue weighted by atomic mass is 16.4. The first kappa shape index (κ1) is 27.1. The van der Waals surface area contributed by atoms with Crippen LogP contribution in [0.4, 0.5) is 4.79 Å². The van der Waals surface area contributed by atoms with Crippen molar-refractivity contribution in [1.29, 1.82) is 0 Å². The number of carbonyl (C=O) groups excluding carboxylic acids is 3. The summed E-state index contributed by atoms with van der Waals surface area (Å²) < 4.78 is 0. The number of hydrogen-bond donors (Lipinski definition) is 6. The highest BCUT2D eigenvalue weighted by molar-refractivity contribution is 5.93. The first-order valence-electron chi connectivity index (χ1n) is 10.2. The van der Waals surface area contributed by atoms with Gasteiger partial charge < -0.3 is 20.7 Å². The lowest BCUT2D eigenvalue weighted by atomic mass is 10.00. The molecule has 1 heterocycles. The number of rotatable bonds is 10. The number of aromatic nitrogens is 2. The molecule has 13 nitrogen and oxygen atoms in total.